The van der Waals surface area contributed by atoms with Gasteiger partial charge < -0.3 is 5.32 Å². The van der Waals surface area contributed by atoms with Crippen LogP contribution in [0.25, 0.3) is 0 Å². The van der Waals surface area contributed by atoms with E-state index >= 15 is 0 Å². The molecule has 2 rings (SSSR count). The summed E-state index contributed by atoms with van der Waals surface area (Å²) in [4.78, 5) is 17.0. The lowest BCUT2D eigenvalue weighted by Gasteiger charge is -2.09. The lowest BCUT2D eigenvalue weighted by atomic mass is 10.3. The van der Waals surface area contributed by atoms with Crippen molar-refractivity contribution in [3.8, 4) is 0 Å². The predicted octanol–water partition coefficient (Wildman–Crippen LogP) is 3.71. The highest BCUT2D eigenvalue weighted by atomic mass is 35.5. The monoisotopic (exact) mass is 320 g/mol. The molecule has 0 radical (unpaired) electrons. The fraction of sp³-hybridized carbons (Fsp3) is 0. The van der Waals surface area contributed by atoms with Crippen LogP contribution in [0, 0.1) is 21.7 Å². The maximum absolute atomic E-state index is 13.6. The Hall–Kier alpha value is -2.06. The van der Waals surface area contributed by atoms with Gasteiger partial charge in [0.05, 0.1) is 15.6 Å². The van der Waals surface area contributed by atoms with Gasteiger partial charge in [0.1, 0.15) is 12.0 Å². The van der Waals surface area contributed by atoms with E-state index in [4.69, 9.17) is 23.2 Å². The van der Waals surface area contributed by atoms with E-state index in [9.17, 15) is 18.9 Å². The van der Waals surface area contributed by atoms with Crippen LogP contribution in [-0.4, -0.2) is 14.9 Å². The number of anilines is 2. The third-order valence-corrected chi connectivity index (χ3v) is 2.67. The number of aromatic nitrogens is 2. The first-order chi connectivity index (χ1) is 9.38. The standard InChI is InChI=1S/C10H4Cl2F2N4O2/c11-5-1-4(13)2-6(14)8(5)16-9-7(18(19)20)3-15-10(12)17-9/h1-3H,(H,15,16,17). The van der Waals surface area contributed by atoms with Crippen LogP contribution in [0.15, 0.2) is 18.3 Å². The lowest BCUT2D eigenvalue weighted by Crippen LogP contribution is -2.03. The minimum Gasteiger partial charge on any atom is -0.331 e. The average Bonchev–Trinajstić information content (AvgIpc) is 2.33. The second kappa shape index (κ2) is 5.51. The van der Waals surface area contributed by atoms with E-state index in [0.717, 1.165) is 12.3 Å². The van der Waals surface area contributed by atoms with Crippen molar-refractivity contribution >= 4 is 40.4 Å². The van der Waals surface area contributed by atoms with Crippen molar-refractivity contribution in [2.45, 2.75) is 0 Å². The zero-order valence-corrected chi connectivity index (χ0v) is 10.9. The molecule has 0 amide bonds. The molecule has 104 valence electrons. The molecule has 0 aliphatic rings. The highest BCUT2D eigenvalue weighted by Crippen LogP contribution is 2.32. The van der Waals surface area contributed by atoms with Gasteiger partial charge >= 0.3 is 5.69 Å². The summed E-state index contributed by atoms with van der Waals surface area (Å²) in [6.07, 6.45) is 0.854. The molecule has 1 aromatic carbocycles. The summed E-state index contributed by atoms with van der Waals surface area (Å²) in [5.74, 6) is -2.27. The van der Waals surface area contributed by atoms with E-state index in [0.29, 0.717) is 6.07 Å². The van der Waals surface area contributed by atoms with Crippen molar-refractivity contribution < 1.29 is 13.7 Å². The molecule has 0 saturated carbocycles. The topological polar surface area (TPSA) is 81.0 Å². The zero-order chi connectivity index (χ0) is 14.9. The molecule has 0 spiro atoms. The molecule has 0 fully saturated rings. The Morgan fingerprint density at radius 3 is 2.60 bits per heavy atom. The molecule has 0 atom stereocenters. The van der Waals surface area contributed by atoms with Gasteiger partial charge in [0.2, 0.25) is 11.1 Å². The fourth-order valence-corrected chi connectivity index (χ4v) is 1.73. The number of hydrogen-bond acceptors (Lipinski definition) is 5. The lowest BCUT2D eigenvalue weighted by molar-refractivity contribution is -0.384. The Bertz CT molecular complexity index is 676. The number of halogens is 4. The van der Waals surface area contributed by atoms with Gasteiger partial charge in [0.15, 0.2) is 5.82 Å². The number of nitrogens with one attached hydrogen (secondary N) is 1. The van der Waals surface area contributed by atoms with Gasteiger partial charge in [0.25, 0.3) is 0 Å². The van der Waals surface area contributed by atoms with Crippen molar-refractivity contribution in [1.82, 2.24) is 9.97 Å². The molecule has 0 unspecified atom stereocenters. The van der Waals surface area contributed by atoms with Crippen molar-refractivity contribution in [2.24, 2.45) is 0 Å². The summed E-state index contributed by atoms with van der Waals surface area (Å²) in [7, 11) is 0. The molecule has 20 heavy (non-hydrogen) atoms. The van der Waals surface area contributed by atoms with Crippen molar-refractivity contribution in [3.05, 3.63) is 50.4 Å². The third-order valence-electron chi connectivity index (χ3n) is 2.19. The Kier molecular flexibility index (Phi) is 3.96. The molecular weight excluding hydrogens is 317 g/mol. The molecule has 0 aliphatic carbocycles. The number of hydrogen-bond donors (Lipinski definition) is 1. The molecule has 0 saturated heterocycles. The summed E-state index contributed by atoms with van der Waals surface area (Å²) in [5.41, 5.74) is -0.889. The Morgan fingerprint density at radius 2 is 2.00 bits per heavy atom. The van der Waals surface area contributed by atoms with Crippen LogP contribution in [0.4, 0.5) is 26.0 Å². The number of nitro groups is 1. The Labute approximate surface area is 120 Å². The number of benzene rings is 1. The van der Waals surface area contributed by atoms with Crippen molar-refractivity contribution in [3.63, 3.8) is 0 Å². The average molecular weight is 321 g/mol. The minimum absolute atomic E-state index is 0.281. The molecule has 2 aromatic rings. The summed E-state index contributed by atoms with van der Waals surface area (Å²) in [6.45, 7) is 0. The van der Waals surface area contributed by atoms with Crippen LogP contribution in [0.5, 0.6) is 0 Å². The smallest absolute Gasteiger partial charge is 0.329 e. The van der Waals surface area contributed by atoms with E-state index in [1.54, 1.807) is 0 Å². The molecule has 0 bridgehead atoms. The molecule has 10 heteroatoms. The fourth-order valence-electron chi connectivity index (χ4n) is 1.36. The second-order valence-corrected chi connectivity index (χ2v) is 4.24. The maximum Gasteiger partial charge on any atom is 0.329 e. The summed E-state index contributed by atoms with van der Waals surface area (Å²) in [5, 5.41) is 12.5. The van der Waals surface area contributed by atoms with Crippen LogP contribution < -0.4 is 5.32 Å². The number of rotatable bonds is 3. The zero-order valence-electron chi connectivity index (χ0n) is 9.40. The third kappa shape index (κ3) is 2.91. The maximum atomic E-state index is 13.6. The van der Waals surface area contributed by atoms with Gasteiger partial charge in [-0.1, -0.05) is 11.6 Å². The van der Waals surface area contributed by atoms with Gasteiger partial charge in [0, 0.05) is 6.07 Å². The van der Waals surface area contributed by atoms with Crippen LogP contribution in [0.2, 0.25) is 10.3 Å². The van der Waals surface area contributed by atoms with E-state index < -0.39 is 22.2 Å². The summed E-state index contributed by atoms with van der Waals surface area (Å²) >= 11 is 11.2. The first-order valence-corrected chi connectivity index (χ1v) is 5.72. The highest BCUT2D eigenvalue weighted by molar-refractivity contribution is 6.33. The van der Waals surface area contributed by atoms with Crippen molar-refractivity contribution in [2.75, 3.05) is 5.32 Å². The van der Waals surface area contributed by atoms with Gasteiger partial charge in [-0.15, -0.1) is 0 Å². The molecule has 1 aromatic heterocycles. The van der Waals surface area contributed by atoms with E-state index in [1.165, 1.54) is 0 Å². The van der Waals surface area contributed by atoms with E-state index in [-0.39, 0.29) is 21.8 Å². The second-order valence-electron chi connectivity index (χ2n) is 3.50. The molecule has 1 heterocycles. The molecular formula is C10H4Cl2F2N4O2. The molecule has 1 N–H and O–H groups in total. The van der Waals surface area contributed by atoms with Crippen LogP contribution in [0.1, 0.15) is 0 Å². The quantitative estimate of drug-likeness (QED) is 0.529. The summed E-state index contributed by atoms with van der Waals surface area (Å²) < 4.78 is 26.5. The summed E-state index contributed by atoms with van der Waals surface area (Å²) in [6, 6.07) is 1.42. The molecule has 6 nitrogen and oxygen atoms in total. The normalized spacial score (nSPS) is 10.4. The van der Waals surface area contributed by atoms with Crippen LogP contribution >= 0.6 is 23.2 Å². The SMILES string of the molecule is O=[N+]([O-])c1cnc(Cl)nc1Nc1c(F)cc(F)cc1Cl. The largest absolute Gasteiger partial charge is 0.331 e. The highest BCUT2D eigenvalue weighted by Gasteiger charge is 2.20. The number of nitrogens with zero attached hydrogens (tertiary/aromatic N) is 3. The first-order valence-electron chi connectivity index (χ1n) is 4.97. The predicted molar refractivity (Wildman–Crippen MR) is 68.3 cm³/mol. The Balaban J connectivity index is 2.50. The van der Waals surface area contributed by atoms with Crippen molar-refractivity contribution in [1.29, 1.82) is 0 Å². The van der Waals surface area contributed by atoms with E-state index in [1.807, 2.05) is 0 Å². The van der Waals surface area contributed by atoms with Gasteiger partial charge in [-0.2, -0.15) is 4.98 Å². The van der Waals surface area contributed by atoms with E-state index in [2.05, 4.69) is 15.3 Å². The van der Waals surface area contributed by atoms with Crippen LogP contribution in [-0.2, 0) is 0 Å². The van der Waals surface area contributed by atoms with Gasteiger partial charge in [-0.3, -0.25) is 10.1 Å². The minimum atomic E-state index is -1.03. The van der Waals surface area contributed by atoms with Gasteiger partial charge in [-0.25, -0.2) is 13.8 Å². The van der Waals surface area contributed by atoms with Crippen LogP contribution in [0.3, 0.4) is 0 Å². The van der Waals surface area contributed by atoms with Gasteiger partial charge in [-0.05, 0) is 17.7 Å². The Morgan fingerprint density at radius 1 is 1.30 bits per heavy atom. The first kappa shape index (κ1) is 14.4. The molecule has 0 aliphatic heterocycles.